The second-order valence-electron chi connectivity index (χ2n) is 7.50. The summed E-state index contributed by atoms with van der Waals surface area (Å²) in [4.78, 5) is 22.8. The van der Waals surface area contributed by atoms with E-state index in [1.165, 1.54) is 36.5 Å². The summed E-state index contributed by atoms with van der Waals surface area (Å²) in [5.74, 6) is -0.0714. The molecule has 0 saturated heterocycles. The number of aliphatic imine (C=N–C) groups is 1. The summed E-state index contributed by atoms with van der Waals surface area (Å²) in [6.45, 7) is 3.47. The molecule has 5 nitrogen and oxygen atoms in total. The summed E-state index contributed by atoms with van der Waals surface area (Å²) < 4.78 is 52.8. The molecule has 3 aromatic rings. The van der Waals surface area contributed by atoms with E-state index in [9.17, 15) is 22.4 Å². The molecule has 0 saturated carbocycles. The highest BCUT2D eigenvalue weighted by atomic mass is 35.5. The molecule has 0 fully saturated rings. The Balaban J connectivity index is 1.93. The van der Waals surface area contributed by atoms with Crippen molar-refractivity contribution in [3.63, 3.8) is 0 Å². The predicted octanol–water partition coefficient (Wildman–Crippen LogP) is 4.57. The van der Waals surface area contributed by atoms with E-state index in [4.69, 9.17) is 16.6 Å². The lowest BCUT2D eigenvalue weighted by molar-refractivity contribution is -0.141. The van der Waals surface area contributed by atoms with Gasteiger partial charge in [0.2, 0.25) is 0 Å². The third kappa shape index (κ3) is 3.56. The summed E-state index contributed by atoms with van der Waals surface area (Å²) in [7, 11) is 0. The second-order valence-corrected chi connectivity index (χ2v) is 7.88. The number of hydrogen-bond donors (Lipinski definition) is 2. The van der Waals surface area contributed by atoms with Crippen LogP contribution in [-0.4, -0.2) is 21.8 Å². The van der Waals surface area contributed by atoms with E-state index in [2.05, 4.69) is 15.3 Å². The van der Waals surface area contributed by atoms with Crippen LogP contribution in [0.4, 0.5) is 17.6 Å². The molecule has 0 radical (unpaired) electrons. The first-order chi connectivity index (χ1) is 15.0. The van der Waals surface area contributed by atoms with E-state index in [1.807, 2.05) is 0 Å². The van der Waals surface area contributed by atoms with Crippen molar-refractivity contribution in [3.8, 4) is 0 Å². The zero-order chi connectivity index (χ0) is 23.3. The van der Waals surface area contributed by atoms with Crippen LogP contribution in [0.25, 0.3) is 0 Å². The van der Waals surface area contributed by atoms with E-state index >= 15 is 0 Å². The number of aromatic nitrogens is 2. The van der Waals surface area contributed by atoms with Crippen molar-refractivity contribution in [2.75, 3.05) is 0 Å². The van der Waals surface area contributed by atoms with Gasteiger partial charge in [-0.3, -0.25) is 9.78 Å². The minimum Gasteiger partial charge on any atom is -0.364 e. The number of amidine groups is 1. The molecule has 1 aliphatic heterocycles. The number of pyridine rings is 2. The van der Waals surface area contributed by atoms with Gasteiger partial charge in [-0.15, -0.1) is 0 Å². The van der Waals surface area contributed by atoms with Gasteiger partial charge in [0.1, 0.15) is 27.9 Å². The van der Waals surface area contributed by atoms with Gasteiger partial charge in [0.05, 0.1) is 6.04 Å². The number of H-pyrrole nitrogens is 1. The smallest absolute Gasteiger partial charge is 0.364 e. The Hall–Kier alpha value is -3.20. The van der Waals surface area contributed by atoms with Crippen molar-refractivity contribution in [1.29, 1.82) is 0 Å². The molecule has 1 aliphatic rings. The number of nitrogens with one attached hydrogen (secondary N) is 2. The van der Waals surface area contributed by atoms with Crippen molar-refractivity contribution >= 4 is 17.4 Å². The van der Waals surface area contributed by atoms with E-state index in [-0.39, 0.29) is 5.02 Å². The SMILES string of the molecule is Cc1c(C2=NC(c3ccc(F)cc3)(c3ccc(C(F)(F)F)nc3)[C@H](C)N2)c[nH]c(=O)c1Cl. The molecule has 10 heteroatoms. The van der Waals surface area contributed by atoms with Crippen LogP contribution in [-0.2, 0) is 11.7 Å². The van der Waals surface area contributed by atoms with Crippen LogP contribution in [0.1, 0.15) is 34.9 Å². The zero-order valence-electron chi connectivity index (χ0n) is 16.9. The fraction of sp³-hybridized carbons (Fsp3) is 0.227. The number of nitrogens with zero attached hydrogens (tertiary/aromatic N) is 2. The van der Waals surface area contributed by atoms with Crippen LogP contribution in [0.2, 0.25) is 5.02 Å². The van der Waals surface area contributed by atoms with Crippen LogP contribution < -0.4 is 10.9 Å². The standard InChI is InChI=1S/C22H17ClF4N4O/c1-11-16(10-29-20(32)18(11)23)19-30-12(2)21(31-19,13-3-6-15(24)7-4-13)14-5-8-17(28-9-14)22(25,26)27/h3-10,12H,1-2H3,(H,29,32)(H,30,31)/t12-,21?/m0/s1. The van der Waals surface area contributed by atoms with Crippen molar-refractivity contribution in [2.45, 2.75) is 31.6 Å². The van der Waals surface area contributed by atoms with E-state index in [0.717, 1.165) is 12.3 Å². The van der Waals surface area contributed by atoms with Gasteiger partial charge in [-0.2, -0.15) is 13.2 Å². The quantitative estimate of drug-likeness (QED) is 0.558. The van der Waals surface area contributed by atoms with Crippen molar-refractivity contribution in [1.82, 2.24) is 15.3 Å². The Bertz CT molecular complexity index is 1250. The molecule has 0 bridgehead atoms. The maximum absolute atomic E-state index is 13.6. The van der Waals surface area contributed by atoms with Crippen LogP contribution >= 0.6 is 11.6 Å². The van der Waals surface area contributed by atoms with Gasteiger partial charge in [0.25, 0.3) is 5.56 Å². The molecule has 4 rings (SSSR count). The molecule has 3 heterocycles. The third-order valence-corrected chi connectivity index (χ3v) is 6.04. The molecule has 1 unspecified atom stereocenters. The summed E-state index contributed by atoms with van der Waals surface area (Å²) >= 11 is 6.10. The number of rotatable bonds is 3. The fourth-order valence-corrected chi connectivity index (χ4v) is 4.04. The Morgan fingerprint density at radius 3 is 2.34 bits per heavy atom. The maximum atomic E-state index is 13.6. The summed E-state index contributed by atoms with van der Waals surface area (Å²) in [6, 6.07) is 7.34. The lowest BCUT2D eigenvalue weighted by Gasteiger charge is -2.31. The lowest BCUT2D eigenvalue weighted by Crippen LogP contribution is -2.41. The molecule has 2 N–H and O–H groups in total. The van der Waals surface area contributed by atoms with Crippen LogP contribution in [0, 0.1) is 12.7 Å². The van der Waals surface area contributed by atoms with Gasteiger partial charge in [-0.25, -0.2) is 9.38 Å². The summed E-state index contributed by atoms with van der Waals surface area (Å²) in [6.07, 6.45) is -1.99. The van der Waals surface area contributed by atoms with Crippen molar-refractivity contribution < 1.29 is 17.6 Å². The Labute approximate surface area is 185 Å². The number of benzene rings is 1. The van der Waals surface area contributed by atoms with Gasteiger partial charge in [-0.1, -0.05) is 29.8 Å². The number of aromatic amines is 1. The molecule has 166 valence electrons. The molecule has 32 heavy (non-hydrogen) atoms. The normalized spacial score (nSPS) is 20.7. The summed E-state index contributed by atoms with van der Waals surface area (Å²) in [5.41, 5.74) is -0.698. The highest BCUT2D eigenvalue weighted by molar-refractivity contribution is 6.31. The maximum Gasteiger partial charge on any atom is 0.433 e. The first-order valence-electron chi connectivity index (χ1n) is 9.58. The largest absolute Gasteiger partial charge is 0.433 e. The minimum absolute atomic E-state index is 0.00938. The molecule has 2 atom stereocenters. The van der Waals surface area contributed by atoms with Gasteiger partial charge < -0.3 is 10.3 Å². The first kappa shape index (κ1) is 22.0. The van der Waals surface area contributed by atoms with Gasteiger partial charge in [0, 0.05) is 23.5 Å². The topological polar surface area (TPSA) is 70.1 Å². The molecular formula is C22H17ClF4N4O. The van der Waals surface area contributed by atoms with Gasteiger partial charge >= 0.3 is 6.18 Å². The van der Waals surface area contributed by atoms with Crippen LogP contribution in [0.3, 0.4) is 0 Å². The Kier molecular flexibility index (Phi) is 5.32. The lowest BCUT2D eigenvalue weighted by atomic mass is 9.79. The van der Waals surface area contributed by atoms with Gasteiger partial charge in [-0.05, 0) is 43.2 Å². The number of hydrogen-bond acceptors (Lipinski definition) is 4. The number of alkyl halides is 3. The molecule has 0 amide bonds. The molecule has 0 aliphatic carbocycles. The average molecular weight is 465 g/mol. The highest BCUT2D eigenvalue weighted by Gasteiger charge is 2.46. The molecule has 2 aromatic heterocycles. The first-order valence-corrected chi connectivity index (χ1v) is 9.96. The zero-order valence-corrected chi connectivity index (χ0v) is 17.6. The Morgan fingerprint density at radius 1 is 1.09 bits per heavy atom. The van der Waals surface area contributed by atoms with E-state index in [0.29, 0.717) is 28.1 Å². The highest BCUT2D eigenvalue weighted by Crippen LogP contribution is 2.41. The van der Waals surface area contributed by atoms with Gasteiger partial charge in [0.15, 0.2) is 0 Å². The van der Waals surface area contributed by atoms with Crippen LogP contribution in [0.5, 0.6) is 0 Å². The van der Waals surface area contributed by atoms with Crippen molar-refractivity contribution in [3.05, 3.63) is 97.9 Å². The van der Waals surface area contributed by atoms with E-state index in [1.54, 1.807) is 13.8 Å². The third-order valence-electron chi connectivity index (χ3n) is 5.58. The summed E-state index contributed by atoms with van der Waals surface area (Å²) in [5, 5.41) is 3.24. The van der Waals surface area contributed by atoms with Crippen molar-refractivity contribution in [2.24, 2.45) is 4.99 Å². The monoisotopic (exact) mass is 464 g/mol. The van der Waals surface area contributed by atoms with Crippen LogP contribution in [0.15, 0.2) is 58.6 Å². The average Bonchev–Trinajstić information content (AvgIpc) is 3.10. The second kappa shape index (κ2) is 7.74. The fourth-order valence-electron chi connectivity index (χ4n) is 3.88. The molecule has 0 spiro atoms. The minimum atomic E-state index is -4.58. The predicted molar refractivity (Wildman–Crippen MR) is 112 cm³/mol. The number of halogens is 5. The molecular weight excluding hydrogens is 448 g/mol. The molecule has 1 aromatic carbocycles. The van der Waals surface area contributed by atoms with E-state index < -0.39 is 34.8 Å². The Morgan fingerprint density at radius 2 is 1.75 bits per heavy atom.